The van der Waals surface area contributed by atoms with Crippen molar-refractivity contribution in [3.8, 4) is 103 Å². The van der Waals surface area contributed by atoms with Crippen molar-refractivity contribution in [2.24, 2.45) is 0 Å². The number of benzene rings is 6. The molecule has 0 spiro atoms. The Kier molecular flexibility index (Phi) is 13.6. The van der Waals surface area contributed by atoms with Gasteiger partial charge in [0.15, 0.2) is 128 Å². The van der Waals surface area contributed by atoms with Crippen LogP contribution in [0.5, 0.6) is 103 Å². The summed E-state index contributed by atoms with van der Waals surface area (Å²) in [5.41, 5.74) is -7.90. The Hall–Kier alpha value is -11.5. The number of hydrogen-bond donors (Lipinski definition) is 18. The first kappa shape index (κ1) is 47.5. The van der Waals surface area contributed by atoms with Crippen molar-refractivity contribution in [3.05, 3.63) is 106 Å². The molecule has 0 amide bonds. The number of rotatable bonds is 17. The van der Waals surface area contributed by atoms with Crippen LogP contribution >= 0.6 is 0 Å². The van der Waals surface area contributed by atoms with E-state index in [1.165, 1.54) is 0 Å². The molecule has 6 aromatic carbocycles. The highest BCUT2D eigenvalue weighted by molar-refractivity contribution is 5.95. The Bertz CT molecular complexity index is 3520. The fraction of sp³-hybridized carbons (Fsp3) is 0.125. The van der Waals surface area contributed by atoms with Crippen molar-refractivity contribution in [1.82, 2.24) is 0 Å². The van der Waals surface area contributed by atoms with E-state index in [2.05, 4.69) is 0 Å². The molecular formula is C48H38O30. The summed E-state index contributed by atoms with van der Waals surface area (Å²) in [4.78, 5) is 85.2. The second kappa shape index (κ2) is 22.3. The Morgan fingerprint density at radius 3 is 0.679 bits per heavy atom. The molecule has 6 aromatic rings. The quantitative estimate of drug-likeness (QED) is 0.0354. The number of phenols is 18. The zero-order valence-corrected chi connectivity index (χ0v) is 38.1. The van der Waals surface area contributed by atoms with Crippen LogP contribution in [0.15, 0.2) is 72.7 Å². The first-order valence-electron chi connectivity index (χ1n) is 23.8. The van der Waals surface area contributed by atoms with E-state index in [4.69, 9.17) is 36.6 Å². The lowest BCUT2D eigenvalue weighted by molar-refractivity contribution is -0.138. The second-order valence-electron chi connectivity index (χ2n) is 15.4. The maximum absolute atomic E-state index is 14.5. The SMILES string of the molecule is [2H]c1c(C(=O)OC[C@H](OC(=O)c2cc(O)c(O)c(O)c2[2H])[C@@H](OC(=O)c2cc(O)c(O)c(O)c2[2H])[C@H](OC(=O)c2cc(O)c(O)c(O)c2[2H])[C@@H](COC(=O)c2cc(O)c(O)c(O)c2[2H])OC(=O)c2cc(O)c(O)c(O)c2[2H])cc(O)c(O)c1O. The van der Waals surface area contributed by atoms with Crippen molar-refractivity contribution in [2.45, 2.75) is 24.4 Å². The molecule has 0 radical (unpaired) electrons. The molecule has 0 aromatic heterocycles. The van der Waals surface area contributed by atoms with Gasteiger partial charge in [0.25, 0.3) is 0 Å². The minimum Gasteiger partial charge on any atom is -0.504 e. The predicted molar refractivity (Wildman–Crippen MR) is 246 cm³/mol. The second-order valence-corrected chi connectivity index (χ2v) is 15.4. The Labute approximate surface area is 439 Å². The number of carbonyl (C=O) groups is 6. The number of aromatic hydroxyl groups is 18. The van der Waals surface area contributed by atoms with Crippen LogP contribution in [0.2, 0.25) is 0 Å². The van der Waals surface area contributed by atoms with Gasteiger partial charge < -0.3 is 120 Å². The summed E-state index contributed by atoms with van der Waals surface area (Å²) in [6.07, 6.45) is -12.7. The monoisotopic (exact) mass is 1100 g/mol. The zero-order valence-electron chi connectivity index (χ0n) is 44.1. The van der Waals surface area contributed by atoms with Crippen LogP contribution in [0.4, 0.5) is 0 Å². The number of phenolic OH excluding ortho intramolecular Hbond substituents is 18. The van der Waals surface area contributed by atoms with E-state index in [9.17, 15) is 121 Å². The van der Waals surface area contributed by atoms with Crippen LogP contribution in [0.25, 0.3) is 0 Å². The Balaban J connectivity index is 1.71. The third-order valence-electron chi connectivity index (χ3n) is 10.1. The van der Waals surface area contributed by atoms with Gasteiger partial charge in [0, 0.05) is 0 Å². The lowest BCUT2D eigenvalue weighted by Crippen LogP contribution is -2.54. The lowest BCUT2D eigenvalue weighted by Gasteiger charge is -2.36. The average molecular weight is 1100 g/mol. The van der Waals surface area contributed by atoms with E-state index in [-0.39, 0.29) is 36.4 Å². The summed E-state index contributed by atoms with van der Waals surface area (Å²) in [5.74, 6) is -38.8. The third kappa shape index (κ3) is 12.1. The van der Waals surface area contributed by atoms with Crippen LogP contribution < -0.4 is 0 Å². The molecule has 0 fully saturated rings. The molecule has 0 aliphatic rings. The highest BCUT2D eigenvalue weighted by Gasteiger charge is 2.47. The highest BCUT2D eigenvalue weighted by Crippen LogP contribution is 2.41. The molecule has 410 valence electrons. The van der Waals surface area contributed by atoms with E-state index in [0.29, 0.717) is 0 Å². The average Bonchev–Trinajstić information content (AvgIpc) is 3.43. The van der Waals surface area contributed by atoms with Gasteiger partial charge in [-0.2, -0.15) is 0 Å². The van der Waals surface area contributed by atoms with Crippen molar-refractivity contribution in [2.75, 3.05) is 13.2 Å². The minimum absolute atomic E-state index is 0.181. The molecule has 0 aliphatic heterocycles. The first-order chi connectivity index (χ1) is 39.1. The lowest BCUT2D eigenvalue weighted by atomic mass is 10.0. The maximum atomic E-state index is 14.5. The molecule has 0 bridgehead atoms. The van der Waals surface area contributed by atoms with Gasteiger partial charge in [0.2, 0.25) is 0 Å². The van der Waals surface area contributed by atoms with Crippen LogP contribution in [-0.2, 0) is 28.4 Å². The Morgan fingerprint density at radius 1 is 0.295 bits per heavy atom. The fourth-order valence-corrected chi connectivity index (χ4v) is 6.30. The Morgan fingerprint density at radius 2 is 0.474 bits per heavy atom. The van der Waals surface area contributed by atoms with Crippen LogP contribution in [-0.4, -0.2) is 165 Å². The molecule has 0 heterocycles. The van der Waals surface area contributed by atoms with Gasteiger partial charge in [-0.15, -0.1) is 0 Å². The summed E-state index contributed by atoms with van der Waals surface area (Å²) in [5, 5.41) is 185. The summed E-state index contributed by atoms with van der Waals surface area (Å²) >= 11 is 0. The van der Waals surface area contributed by atoms with E-state index in [1.54, 1.807) is 0 Å². The molecule has 0 unspecified atom stereocenters. The molecule has 30 nitrogen and oxygen atoms in total. The number of esters is 6. The topological polar surface area (TPSA) is 522 Å². The predicted octanol–water partition coefficient (Wildman–Crippen LogP) is 2.30. The van der Waals surface area contributed by atoms with Crippen molar-refractivity contribution in [1.29, 1.82) is 0 Å². The summed E-state index contributed by atoms with van der Waals surface area (Å²) in [6, 6.07) is -7.16. The number of carbonyl (C=O) groups excluding carboxylic acids is 6. The molecule has 6 rings (SSSR count). The summed E-state index contributed by atoms with van der Waals surface area (Å²) in [7, 11) is 0. The maximum Gasteiger partial charge on any atom is 0.338 e. The molecule has 18 N–H and O–H groups in total. The van der Waals surface area contributed by atoms with E-state index < -0.39 is 247 Å². The molecular weight excluding hydrogens is 1060 g/mol. The standard InChI is InChI=1S/C48H38O30/c49-21-1-15(2-22(50)35(21)61)43(67)73-13-33(75-45(69)17-5-25(53)37(63)26(54)6-17)41(77-47(71)19-9-29(57)39(65)30(58)10-19)42(78-48(72)20-11-31(59)40(66)32(60)12-20)34(76-46(70)18-7-27(55)38(64)28(56)8-18)14-74-44(68)16-3-23(51)36(62)24(52)4-16/h1-12,33-34,41-42,49-66H,13-14H2/t33-,34+,41-,42-/m1/s1/i1D,3D,5D,7D,9D,11D. The van der Waals surface area contributed by atoms with E-state index in [0.717, 1.165) is 0 Å². The smallest absolute Gasteiger partial charge is 0.338 e. The molecule has 78 heavy (non-hydrogen) atoms. The molecule has 0 saturated heterocycles. The fourth-order valence-electron chi connectivity index (χ4n) is 6.30. The van der Waals surface area contributed by atoms with Crippen molar-refractivity contribution >= 4 is 35.8 Å². The van der Waals surface area contributed by atoms with E-state index >= 15 is 0 Å². The van der Waals surface area contributed by atoms with Gasteiger partial charge in [-0.3, -0.25) is 0 Å². The zero-order chi connectivity index (χ0) is 63.0. The van der Waals surface area contributed by atoms with Gasteiger partial charge in [-0.1, -0.05) is 0 Å². The minimum atomic E-state index is -3.29. The van der Waals surface area contributed by atoms with Crippen molar-refractivity contribution in [3.63, 3.8) is 0 Å². The van der Waals surface area contributed by atoms with Gasteiger partial charge in [0.05, 0.1) is 41.6 Å². The summed E-state index contributed by atoms with van der Waals surface area (Å²) < 4.78 is 81.9. The molecule has 0 aliphatic carbocycles. The van der Waals surface area contributed by atoms with Gasteiger partial charge >= 0.3 is 35.8 Å². The summed E-state index contributed by atoms with van der Waals surface area (Å²) in [6.45, 7) is -3.78. The molecule has 0 saturated carbocycles. The van der Waals surface area contributed by atoms with Gasteiger partial charge in [0.1, 0.15) is 13.2 Å². The number of hydrogen-bond acceptors (Lipinski definition) is 30. The van der Waals surface area contributed by atoms with Crippen LogP contribution in [0.1, 0.15) is 70.4 Å². The van der Waals surface area contributed by atoms with Crippen LogP contribution in [0.3, 0.4) is 0 Å². The first-order valence-corrected chi connectivity index (χ1v) is 20.8. The van der Waals surface area contributed by atoms with Crippen molar-refractivity contribution < 1.29 is 157 Å². The number of ether oxygens (including phenoxy) is 6. The largest absolute Gasteiger partial charge is 0.504 e. The van der Waals surface area contributed by atoms with Gasteiger partial charge in [-0.05, 0) is 72.7 Å². The highest BCUT2D eigenvalue weighted by atomic mass is 16.6. The van der Waals surface area contributed by atoms with Crippen LogP contribution in [0, 0.1) is 0 Å². The van der Waals surface area contributed by atoms with Gasteiger partial charge in [-0.25, -0.2) is 28.8 Å². The third-order valence-corrected chi connectivity index (χ3v) is 10.1. The molecule has 30 heteroatoms. The molecule has 4 atom stereocenters. The normalized spacial score (nSPS) is 13.5. The van der Waals surface area contributed by atoms with E-state index in [1.807, 2.05) is 0 Å².